The minimum atomic E-state index is -3.33. The van der Waals surface area contributed by atoms with Crippen LogP contribution in [0, 0.1) is 0 Å². The molecule has 0 atom stereocenters. The maximum atomic E-state index is 11.5. The monoisotopic (exact) mass is 485 g/mol. The number of ether oxygens (including phenoxy) is 2. The van der Waals surface area contributed by atoms with Crippen molar-refractivity contribution >= 4 is 26.6 Å². The maximum absolute atomic E-state index is 11.5. The lowest BCUT2D eigenvalue weighted by molar-refractivity contribution is 0.145. The number of fused-ring (bicyclic) bond motifs is 1. The van der Waals surface area contributed by atoms with E-state index < -0.39 is 10.0 Å². The van der Waals surface area contributed by atoms with E-state index in [0.29, 0.717) is 23.8 Å². The number of methoxy groups -OCH3 is 1. The topological polar surface area (TPSA) is 96.9 Å². The first kappa shape index (κ1) is 24.2. The highest BCUT2D eigenvalue weighted by Gasteiger charge is 2.15. The van der Waals surface area contributed by atoms with E-state index in [1.165, 1.54) is 6.33 Å². The average Bonchev–Trinajstić information content (AvgIpc) is 2.81. The van der Waals surface area contributed by atoms with Crippen LogP contribution in [0.2, 0.25) is 0 Å². The Balaban J connectivity index is 1.48. The first-order valence-corrected chi connectivity index (χ1v) is 13.2. The molecule has 0 unspecified atom stereocenters. The summed E-state index contributed by atoms with van der Waals surface area (Å²) in [6, 6.07) is 10.8. The van der Waals surface area contributed by atoms with Crippen molar-refractivity contribution < 1.29 is 17.9 Å². The van der Waals surface area contributed by atoms with Crippen molar-refractivity contribution in [1.82, 2.24) is 19.8 Å². The second kappa shape index (κ2) is 10.5. The predicted octanol–water partition coefficient (Wildman–Crippen LogP) is 2.69. The van der Waals surface area contributed by atoms with E-state index in [9.17, 15) is 8.42 Å². The van der Waals surface area contributed by atoms with Gasteiger partial charge in [0.15, 0.2) is 11.5 Å². The highest BCUT2D eigenvalue weighted by Crippen LogP contribution is 2.35. The number of aromatic nitrogens is 2. The number of nitrogens with one attached hydrogen (secondary N) is 1. The summed E-state index contributed by atoms with van der Waals surface area (Å²) in [4.78, 5) is 13.7. The molecular formula is C24H31N5O4S. The number of benzene rings is 2. The van der Waals surface area contributed by atoms with Gasteiger partial charge in [-0.05, 0) is 31.7 Å². The van der Waals surface area contributed by atoms with Crippen molar-refractivity contribution in [1.29, 1.82) is 0 Å². The van der Waals surface area contributed by atoms with Gasteiger partial charge in [0.25, 0.3) is 0 Å². The van der Waals surface area contributed by atoms with Gasteiger partial charge in [-0.25, -0.2) is 18.4 Å². The molecule has 3 aromatic rings. The predicted molar refractivity (Wildman–Crippen MR) is 134 cm³/mol. The van der Waals surface area contributed by atoms with Gasteiger partial charge in [-0.2, -0.15) is 0 Å². The molecule has 9 nitrogen and oxygen atoms in total. The van der Waals surface area contributed by atoms with Crippen LogP contribution in [0.25, 0.3) is 22.2 Å². The highest BCUT2D eigenvalue weighted by molar-refractivity contribution is 7.92. The van der Waals surface area contributed by atoms with Crippen molar-refractivity contribution in [2.45, 2.75) is 6.42 Å². The largest absolute Gasteiger partial charge is 0.493 e. The molecule has 2 heterocycles. The summed E-state index contributed by atoms with van der Waals surface area (Å²) in [5.41, 5.74) is 2.82. The summed E-state index contributed by atoms with van der Waals surface area (Å²) in [5, 5.41) is 0.827. The quantitative estimate of drug-likeness (QED) is 0.462. The lowest BCUT2D eigenvalue weighted by Crippen LogP contribution is -2.44. The fraction of sp³-hybridized carbons (Fsp3) is 0.417. The van der Waals surface area contributed by atoms with Crippen LogP contribution in [-0.4, -0.2) is 87.9 Å². The minimum Gasteiger partial charge on any atom is -0.493 e. The Hall–Kier alpha value is -2.95. The molecule has 0 radical (unpaired) electrons. The van der Waals surface area contributed by atoms with Crippen LogP contribution in [0.4, 0.5) is 5.69 Å². The van der Waals surface area contributed by atoms with E-state index in [4.69, 9.17) is 9.47 Å². The summed E-state index contributed by atoms with van der Waals surface area (Å²) in [6.07, 6.45) is 3.58. The summed E-state index contributed by atoms with van der Waals surface area (Å²) in [7, 11) is 0.446. The minimum absolute atomic E-state index is 0.495. The van der Waals surface area contributed by atoms with Crippen molar-refractivity contribution in [2.24, 2.45) is 0 Å². The van der Waals surface area contributed by atoms with Crippen LogP contribution in [0.15, 0.2) is 42.7 Å². The number of anilines is 1. The fourth-order valence-electron chi connectivity index (χ4n) is 4.02. The molecule has 0 amide bonds. The molecule has 1 N–H and O–H groups in total. The molecule has 1 aliphatic rings. The summed E-state index contributed by atoms with van der Waals surface area (Å²) in [6.45, 7) is 6.03. The zero-order valence-corrected chi connectivity index (χ0v) is 20.6. The smallest absolute Gasteiger partial charge is 0.229 e. The van der Waals surface area contributed by atoms with Crippen LogP contribution in [0.3, 0.4) is 0 Å². The van der Waals surface area contributed by atoms with Gasteiger partial charge < -0.3 is 19.3 Å². The van der Waals surface area contributed by atoms with Gasteiger partial charge in [0.05, 0.1) is 31.2 Å². The molecule has 2 aromatic carbocycles. The van der Waals surface area contributed by atoms with Gasteiger partial charge in [0, 0.05) is 55.4 Å². The zero-order valence-electron chi connectivity index (χ0n) is 19.8. The van der Waals surface area contributed by atoms with Crippen molar-refractivity contribution in [3.05, 3.63) is 42.7 Å². The molecule has 0 bridgehead atoms. The van der Waals surface area contributed by atoms with Crippen molar-refractivity contribution in [3.63, 3.8) is 0 Å². The Morgan fingerprint density at radius 2 is 1.76 bits per heavy atom. The van der Waals surface area contributed by atoms with E-state index in [1.807, 2.05) is 24.3 Å². The van der Waals surface area contributed by atoms with Crippen LogP contribution < -0.4 is 14.2 Å². The van der Waals surface area contributed by atoms with Gasteiger partial charge in [0.2, 0.25) is 10.0 Å². The molecule has 1 aliphatic heterocycles. The third-order valence-corrected chi connectivity index (χ3v) is 6.46. The SMILES string of the molecule is COc1cc2c(-c3ccc(NS(C)(=O)=O)cc3)ncnc2cc1OCCCN1CCN(C)CC1. The number of sulfonamides is 1. The van der Waals surface area contributed by atoms with Crippen LogP contribution in [-0.2, 0) is 10.0 Å². The fourth-order valence-corrected chi connectivity index (χ4v) is 4.58. The Kier molecular flexibility index (Phi) is 7.50. The lowest BCUT2D eigenvalue weighted by atomic mass is 10.1. The van der Waals surface area contributed by atoms with Gasteiger partial charge >= 0.3 is 0 Å². The summed E-state index contributed by atoms with van der Waals surface area (Å²) < 4.78 is 37.1. The molecule has 1 fully saturated rings. The standard InChI is InChI=1S/C24H31N5O4S/c1-28-10-12-29(13-11-28)9-4-14-33-23-16-21-20(15-22(23)32-2)24(26-17-25-21)18-5-7-19(8-6-18)27-34(3,30)31/h5-8,15-17,27H,4,9-14H2,1-3H3. The molecule has 0 spiro atoms. The molecule has 0 saturated carbocycles. The molecule has 1 saturated heterocycles. The van der Waals surface area contributed by atoms with Gasteiger partial charge in [-0.1, -0.05) is 12.1 Å². The maximum Gasteiger partial charge on any atom is 0.229 e. The second-order valence-corrected chi connectivity index (χ2v) is 10.3. The molecular weight excluding hydrogens is 454 g/mol. The molecule has 182 valence electrons. The van der Waals surface area contributed by atoms with Crippen LogP contribution >= 0.6 is 0 Å². The van der Waals surface area contributed by atoms with Crippen molar-refractivity contribution in [2.75, 3.05) is 64.5 Å². The number of piperazine rings is 1. The van der Waals surface area contributed by atoms with E-state index >= 15 is 0 Å². The second-order valence-electron chi connectivity index (χ2n) is 8.54. The lowest BCUT2D eigenvalue weighted by Gasteiger charge is -2.32. The Morgan fingerprint density at radius 1 is 1.03 bits per heavy atom. The Bertz CT molecular complexity index is 1230. The van der Waals surface area contributed by atoms with Crippen LogP contribution in [0.1, 0.15) is 6.42 Å². The first-order valence-electron chi connectivity index (χ1n) is 11.3. The molecule has 34 heavy (non-hydrogen) atoms. The van der Waals surface area contributed by atoms with E-state index in [2.05, 4.69) is 31.5 Å². The van der Waals surface area contributed by atoms with E-state index in [1.54, 1.807) is 19.2 Å². The average molecular weight is 486 g/mol. The van der Waals surface area contributed by atoms with Crippen LogP contribution in [0.5, 0.6) is 11.5 Å². The molecule has 10 heteroatoms. The van der Waals surface area contributed by atoms with Crippen molar-refractivity contribution in [3.8, 4) is 22.8 Å². The summed E-state index contributed by atoms with van der Waals surface area (Å²) in [5.74, 6) is 1.28. The Labute approximate surface area is 200 Å². The number of hydrogen-bond acceptors (Lipinski definition) is 8. The Morgan fingerprint density at radius 3 is 2.44 bits per heavy atom. The molecule has 1 aromatic heterocycles. The normalized spacial score (nSPS) is 15.4. The number of hydrogen-bond donors (Lipinski definition) is 1. The molecule has 4 rings (SSSR count). The molecule has 0 aliphatic carbocycles. The van der Waals surface area contributed by atoms with E-state index in [-0.39, 0.29) is 0 Å². The number of likely N-dealkylation sites (N-methyl/N-ethyl adjacent to an activating group) is 1. The third kappa shape index (κ3) is 6.13. The van der Waals surface area contributed by atoms with Gasteiger partial charge in [0.1, 0.15) is 6.33 Å². The number of nitrogens with zero attached hydrogens (tertiary/aromatic N) is 4. The summed E-state index contributed by atoms with van der Waals surface area (Å²) >= 11 is 0. The van der Waals surface area contributed by atoms with Gasteiger partial charge in [-0.3, -0.25) is 4.72 Å². The highest BCUT2D eigenvalue weighted by atomic mass is 32.2. The third-order valence-electron chi connectivity index (χ3n) is 5.85. The number of rotatable bonds is 9. The first-order chi connectivity index (χ1) is 16.3. The van der Waals surface area contributed by atoms with E-state index in [0.717, 1.165) is 67.6 Å². The zero-order chi connectivity index (χ0) is 24.1. The van der Waals surface area contributed by atoms with Gasteiger partial charge in [-0.15, -0.1) is 0 Å².